The van der Waals surface area contributed by atoms with Crippen molar-refractivity contribution in [1.29, 1.82) is 0 Å². The molecule has 0 aliphatic carbocycles. The van der Waals surface area contributed by atoms with Gasteiger partial charge in [-0.05, 0) is 60.6 Å². The average Bonchev–Trinajstić information content (AvgIpc) is 3.34. The summed E-state index contributed by atoms with van der Waals surface area (Å²) < 4.78 is 41.0. The number of carboxylic acid groups (broad SMARTS) is 1. The van der Waals surface area contributed by atoms with E-state index in [9.17, 15) is 22.8 Å². The Hall–Kier alpha value is -4.31. The number of piperazine rings is 1. The number of halogens is 3. The number of carbonyl (C=O) groups excluding carboxylic acids is 1. The summed E-state index contributed by atoms with van der Waals surface area (Å²) in [5.41, 5.74) is 2.98. The Bertz CT molecular complexity index is 1520. The number of benzene rings is 3. The van der Waals surface area contributed by atoms with Crippen molar-refractivity contribution in [2.45, 2.75) is 19.3 Å². The standard InChI is InChI=1S/C30H29F3N4O3/c1-35-12-14-36(15-13-35)25-16-23-10-11-37(19-21-4-8-24(9-5-21)30(31,32)33)27(23)26(17-25)28(38)34-18-20-2-6-22(7-3-20)29(39)40/h2-11,16-17H,12-15,18-19H2,1H3,(H,34,38)(H,39,40). The fourth-order valence-corrected chi connectivity index (χ4v) is 4.92. The molecule has 10 heteroatoms. The molecular formula is C30H29F3N4O3. The van der Waals surface area contributed by atoms with Crippen LogP contribution in [0.1, 0.15) is 37.4 Å². The van der Waals surface area contributed by atoms with Crippen LogP contribution in [0, 0.1) is 0 Å². The molecule has 1 fully saturated rings. The van der Waals surface area contributed by atoms with E-state index in [4.69, 9.17) is 5.11 Å². The number of likely N-dealkylation sites (N-methyl/N-ethyl adjacent to an activating group) is 1. The number of amides is 1. The van der Waals surface area contributed by atoms with Crippen LogP contribution in [0.5, 0.6) is 0 Å². The summed E-state index contributed by atoms with van der Waals surface area (Å²) in [4.78, 5) is 29.2. The molecule has 1 aromatic heterocycles. The third kappa shape index (κ3) is 5.96. The van der Waals surface area contributed by atoms with Crippen molar-refractivity contribution in [1.82, 2.24) is 14.8 Å². The van der Waals surface area contributed by atoms with Gasteiger partial charge in [-0.15, -0.1) is 0 Å². The molecule has 1 amide bonds. The van der Waals surface area contributed by atoms with Crippen LogP contribution in [-0.4, -0.2) is 59.7 Å². The van der Waals surface area contributed by atoms with Gasteiger partial charge in [0.25, 0.3) is 5.91 Å². The zero-order valence-corrected chi connectivity index (χ0v) is 21.9. The van der Waals surface area contributed by atoms with Gasteiger partial charge in [-0.1, -0.05) is 24.3 Å². The number of nitrogens with one attached hydrogen (secondary N) is 1. The normalized spacial score (nSPS) is 14.4. The molecule has 0 spiro atoms. The van der Waals surface area contributed by atoms with Gasteiger partial charge in [0, 0.05) is 56.5 Å². The van der Waals surface area contributed by atoms with Crippen LogP contribution < -0.4 is 10.2 Å². The predicted molar refractivity (Wildman–Crippen MR) is 147 cm³/mol. The van der Waals surface area contributed by atoms with Crippen LogP contribution >= 0.6 is 0 Å². The molecule has 2 heterocycles. The Morgan fingerprint density at radius 1 is 0.900 bits per heavy atom. The molecule has 0 radical (unpaired) electrons. The van der Waals surface area contributed by atoms with E-state index in [-0.39, 0.29) is 18.0 Å². The number of anilines is 1. The fourth-order valence-electron chi connectivity index (χ4n) is 4.92. The minimum Gasteiger partial charge on any atom is -0.478 e. The molecule has 1 aliphatic heterocycles. The first-order valence-corrected chi connectivity index (χ1v) is 12.9. The summed E-state index contributed by atoms with van der Waals surface area (Å²) in [6.07, 6.45) is -2.56. The number of aromatic carboxylic acids is 1. The van der Waals surface area contributed by atoms with Gasteiger partial charge < -0.3 is 24.8 Å². The molecule has 5 rings (SSSR count). The lowest BCUT2D eigenvalue weighted by Gasteiger charge is -2.34. The molecule has 1 saturated heterocycles. The highest BCUT2D eigenvalue weighted by Crippen LogP contribution is 2.31. The Morgan fingerprint density at radius 3 is 2.17 bits per heavy atom. The molecule has 0 atom stereocenters. The Balaban J connectivity index is 1.46. The van der Waals surface area contributed by atoms with Crippen LogP contribution in [0.3, 0.4) is 0 Å². The van der Waals surface area contributed by atoms with Crippen LogP contribution in [0.2, 0.25) is 0 Å². The van der Waals surface area contributed by atoms with Crippen molar-refractivity contribution in [2.24, 2.45) is 0 Å². The van der Waals surface area contributed by atoms with Crippen molar-refractivity contribution in [2.75, 3.05) is 38.1 Å². The molecule has 0 bridgehead atoms. The third-order valence-corrected chi connectivity index (χ3v) is 7.25. The maximum Gasteiger partial charge on any atom is 0.416 e. The number of rotatable bonds is 7. The number of nitrogens with zero attached hydrogens (tertiary/aromatic N) is 3. The van der Waals surface area contributed by atoms with Gasteiger partial charge in [0.2, 0.25) is 0 Å². The van der Waals surface area contributed by atoms with Crippen LogP contribution in [0.25, 0.3) is 10.9 Å². The summed E-state index contributed by atoms with van der Waals surface area (Å²) >= 11 is 0. The zero-order valence-electron chi connectivity index (χ0n) is 21.9. The summed E-state index contributed by atoms with van der Waals surface area (Å²) in [6, 6.07) is 17.2. The molecule has 1 aliphatic rings. The second-order valence-electron chi connectivity index (χ2n) is 10.0. The van der Waals surface area contributed by atoms with E-state index < -0.39 is 17.7 Å². The minimum absolute atomic E-state index is 0.165. The molecule has 3 aromatic carbocycles. The summed E-state index contributed by atoms with van der Waals surface area (Å²) in [5, 5.41) is 12.9. The van der Waals surface area contributed by atoms with E-state index in [2.05, 4.69) is 22.2 Å². The lowest BCUT2D eigenvalue weighted by molar-refractivity contribution is -0.137. The zero-order chi connectivity index (χ0) is 28.4. The van der Waals surface area contributed by atoms with Gasteiger partial charge in [0.15, 0.2) is 0 Å². The van der Waals surface area contributed by atoms with Gasteiger partial charge in [0.1, 0.15) is 0 Å². The van der Waals surface area contributed by atoms with Gasteiger partial charge in [-0.25, -0.2) is 4.79 Å². The second kappa shape index (κ2) is 11.1. The van der Waals surface area contributed by atoms with Crippen molar-refractivity contribution >= 4 is 28.5 Å². The van der Waals surface area contributed by atoms with E-state index >= 15 is 0 Å². The average molecular weight is 551 g/mol. The molecule has 0 saturated carbocycles. The molecular weight excluding hydrogens is 521 g/mol. The second-order valence-corrected chi connectivity index (χ2v) is 10.0. The number of fused-ring (bicyclic) bond motifs is 1. The quantitative estimate of drug-likeness (QED) is 0.335. The third-order valence-electron chi connectivity index (χ3n) is 7.25. The highest BCUT2D eigenvalue weighted by atomic mass is 19.4. The van der Waals surface area contributed by atoms with Crippen molar-refractivity contribution in [3.8, 4) is 0 Å². The van der Waals surface area contributed by atoms with E-state index in [0.717, 1.165) is 54.9 Å². The topological polar surface area (TPSA) is 77.8 Å². The molecule has 2 N–H and O–H groups in total. The Kier molecular flexibility index (Phi) is 7.53. The van der Waals surface area contributed by atoms with Gasteiger partial charge in [-0.3, -0.25) is 4.79 Å². The SMILES string of the molecule is CN1CCN(c2cc(C(=O)NCc3ccc(C(=O)O)cc3)c3c(ccn3Cc3ccc(C(F)(F)F)cc3)c2)CC1. The predicted octanol–water partition coefficient (Wildman–Crippen LogP) is 5.09. The van der Waals surface area contributed by atoms with Crippen LogP contribution in [-0.2, 0) is 19.3 Å². The number of hydrogen-bond donors (Lipinski definition) is 2. The summed E-state index contributed by atoms with van der Waals surface area (Å²) in [5.74, 6) is -1.32. The van der Waals surface area contributed by atoms with E-state index in [0.29, 0.717) is 23.2 Å². The van der Waals surface area contributed by atoms with Crippen molar-refractivity contribution < 1.29 is 27.9 Å². The minimum atomic E-state index is -4.41. The van der Waals surface area contributed by atoms with Crippen LogP contribution in [0.4, 0.5) is 18.9 Å². The first-order valence-electron chi connectivity index (χ1n) is 12.9. The number of aromatic nitrogens is 1. The maximum atomic E-state index is 13.6. The van der Waals surface area contributed by atoms with Crippen molar-refractivity contribution in [3.63, 3.8) is 0 Å². The Labute approximate surface area is 229 Å². The fraction of sp³-hybridized carbons (Fsp3) is 0.267. The van der Waals surface area contributed by atoms with Gasteiger partial charge in [0.05, 0.1) is 22.2 Å². The monoisotopic (exact) mass is 550 g/mol. The lowest BCUT2D eigenvalue weighted by Crippen LogP contribution is -2.44. The number of alkyl halides is 3. The molecule has 0 unspecified atom stereocenters. The van der Waals surface area contributed by atoms with E-state index in [1.54, 1.807) is 12.1 Å². The lowest BCUT2D eigenvalue weighted by atomic mass is 10.1. The summed E-state index contributed by atoms with van der Waals surface area (Å²) in [6.45, 7) is 3.96. The maximum absolute atomic E-state index is 13.6. The van der Waals surface area contributed by atoms with E-state index in [1.165, 1.54) is 24.3 Å². The first-order chi connectivity index (χ1) is 19.1. The Morgan fingerprint density at radius 2 is 1.55 bits per heavy atom. The van der Waals surface area contributed by atoms with E-state index in [1.807, 2.05) is 29.0 Å². The molecule has 40 heavy (non-hydrogen) atoms. The van der Waals surface area contributed by atoms with Crippen molar-refractivity contribution in [3.05, 3.63) is 101 Å². The smallest absolute Gasteiger partial charge is 0.416 e. The van der Waals surface area contributed by atoms with Gasteiger partial charge in [-0.2, -0.15) is 13.2 Å². The first kappa shape index (κ1) is 27.3. The highest BCUT2D eigenvalue weighted by Gasteiger charge is 2.30. The van der Waals surface area contributed by atoms with Gasteiger partial charge >= 0.3 is 12.1 Å². The number of carboxylic acids is 1. The summed E-state index contributed by atoms with van der Waals surface area (Å²) in [7, 11) is 2.07. The molecule has 7 nitrogen and oxygen atoms in total. The molecule has 4 aromatic rings. The number of carbonyl (C=O) groups is 2. The highest BCUT2D eigenvalue weighted by molar-refractivity contribution is 6.07. The number of hydrogen-bond acceptors (Lipinski definition) is 4. The largest absolute Gasteiger partial charge is 0.478 e. The van der Waals surface area contributed by atoms with Crippen LogP contribution in [0.15, 0.2) is 72.9 Å². The molecule has 208 valence electrons.